The summed E-state index contributed by atoms with van der Waals surface area (Å²) in [4.78, 5) is 2.36. The Morgan fingerprint density at radius 2 is 2.12 bits per heavy atom. The lowest BCUT2D eigenvalue weighted by Crippen LogP contribution is -2.28. The molecule has 0 radical (unpaired) electrons. The minimum absolute atomic E-state index is 0.610. The van der Waals surface area contributed by atoms with Crippen molar-refractivity contribution >= 4 is 0 Å². The molecule has 0 N–H and O–H groups in total. The lowest BCUT2D eigenvalue weighted by molar-refractivity contribution is 0.241. The first-order chi connectivity index (χ1) is 8.11. The Morgan fingerprint density at radius 1 is 1.35 bits per heavy atom. The maximum Gasteiger partial charge on any atom is 0.0635 e. The molecule has 1 aromatic rings. The first kappa shape index (κ1) is 13.7. The minimum Gasteiger partial charge on any atom is -0.298 e. The molecule has 2 nitrogen and oxygen atoms in total. The average molecular weight is 230 g/mol. The molecule has 0 aliphatic rings. The second kappa shape index (κ2) is 7.09. The largest absolute Gasteiger partial charge is 0.298 e. The van der Waals surface area contributed by atoms with Gasteiger partial charge in [0.15, 0.2) is 0 Å². The van der Waals surface area contributed by atoms with Gasteiger partial charge < -0.3 is 0 Å². The molecule has 0 saturated heterocycles. The fraction of sp³-hybridized carbons (Fsp3) is 0.533. The van der Waals surface area contributed by atoms with Gasteiger partial charge in [-0.25, -0.2) is 0 Å². The lowest BCUT2D eigenvalue weighted by Gasteiger charge is -2.23. The van der Waals surface area contributed by atoms with E-state index in [1.165, 1.54) is 11.1 Å². The van der Waals surface area contributed by atoms with E-state index in [4.69, 9.17) is 5.26 Å². The van der Waals surface area contributed by atoms with Crippen LogP contribution < -0.4 is 0 Å². The molecule has 0 fully saturated rings. The average Bonchev–Trinajstić information content (AvgIpc) is 2.25. The second-order valence-corrected chi connectivity index (χ2v) is 5.03. The molecular weight excluding hydrogens is 208 g/mol. The Balaban J connectivity index is 2.61. The number of hydrogen-bond donors (Lipinski definition) is 0. The minimum atomic E-state index is 0.610. The highest BCUT2D eigenvalue weighted by atomic mass is 15.1. The zero-order chi connectivity index (χ0) is 12.7. The van der Waals surface area contributed by atoms with Crippen LogP contribution in [-0.2, 0) is 6.54 Å². The Hall–Kier alpha value is -1.33. The van der Waals surface area contributed by atoms with Crippen molar-refractivity contribution in [2.75, 3.05) is 13.1 Å². The summed E-state index contributed by atoms with van der Waals surface area (Å²) in [5.41, 5.74) is 2.64. The molecule has 1 rings (SSSR count). The summed E-state index contributed by atoms with van der Waals surface area (Å²) < 4.78 is 0. The van der Waals surface area contributed by atoms with Crippen molar-refractivity contribution in [1.29, 1.82) is 5.26 Å². The van der Waals surface area contributed by atoms with Crippen LogP contribution in [-0.4, -0.2) is 18.0 Å². The van der Waals surface area contributed by atoms with Crippen molar-refractivity contribution in [2.45, 2.75) is 33.7 Å². The Bertz CT molecular complexity index is 377. The van der Waals surface area contributed by atoms with Crippen LogP contribution in [0.3, 0.4) is 0 Å². The van der Waals surface area contributed by atoms with E-state index in [-0.39, 0.29) is 0 Å². The molecule has 0 aliphatic carbocycles. The van der Waals surface area contributed by atoms with E-state index in [9.17, 15) is 0 Å². The number of nitrogens with zero attached hydrogens (tertiary/aromatic N) is 2. The maximum absolute atomic E-state index is 8.68. The smallest absolute Gasteiger partial charge is 0.0635 e. The molecule has 1 aromatic carbocycles. The summed E-state index contributed by atoms with van der Waals surface area (Å²) in [5.74, 6) is 0.638. The maximum atomic E-state index is 8.68. The predicted molar refractivity (Wildman–Crippen MR) is 71.5 cm³/mol. The van der Waals surface area contributed by atoms with Gasteiger partial charge in [0.05, 0.1) is 6.07 Å². The van der Waals surface area contributed by atoms with E-state index in [2.05, 4.69) is 56.0 Å². The van der Waals surface area contributed by atoms with Crippen LogP contribution in [0.1, 0.15) is 31.4 Å². The quantitative estimate of drug-likeness (QED) is 0.749. The molecule has 0 bridgehead atoms. The monoisotopic (exact) mass is 230 g/mol. The van der Waals surface area contributed by atoms with Gasteiger partial charge in [-0.1, -0.05) is 43.7 Å². The van der Waals surface area contributed by atoms with Gasteiger partial charge in [0, 0.05) is 26.1 Å². The van der Waals surface area contributed by atoms with Gasteiger partial charge in [-0.05, 0) is 18.4 Å². The molecule has 0 aromatic heterocycles. The first-order valence-electron chi connectivity index (χ1n) is 6.26. The Kier molecular flexibility index (Phi) is 5.72. The van der Waals surface area contributed by atoms with Gasteiger partial charge in [-0.15, -0.1) is 0 Å². The Labute approximate surface area is 105 Å². The molecule has 0 heterocycles. The fourth-order valence-corrected chi connectivity index (χ4v) is 2.03. The third kappa shape index (κ3) is 5.51. The highest BCUT2D eigenvalue weighted by molar-refractivity contribution is 5.22. The molecule has 0 amide bonds. The molecule has 0 saturated carbocycles. The van der Waals surface area contributed by atoms with E-state index in [0.29, 0.717) is 12.3 Å². The van der Waals surface area contributed by atoms with Crippen molar-refractivity contribution < 1.29 is 0 Å². The topological polar surface area (TPSA) is 27.0 Å². The SMILES string of the molecule is Cc1cccc(CN(CCC#N)CC(C)C)c1. The van der Waals surface area contributed by atoms with Crippen LogP contribution in [0.4, 0.5) is 0 Å². The fourth-order valence-electron chi connectivity index (χ4n) is 2.03. The summed E-state index contributed by atoms with van der Waals surface area (Å²) >= 11 is 0. The summed E-state index contributed by atoms with van der Waals surface area (Å²) in [7, 11) is 0. The highest BCUT2D eigenvalue weighted by Crippen LogP contribution is 2.10. The molecule has 92 valence electrons. The predicted octanol–water partition coefficient (Wildman–Crippen LogP) is 3.37. The van der Waals surface area contributed by atoms with Gasteiger partial charge in [0.2, 0.25) is 0 Å². The lowest BCUT2D eigenvalue weighted by atomic mass is 10.1. The number of rotatable bonds is 6. The molecule has 2 heteroatoms. The molecule has 0 spiro atoms. The summed E-state index contributed by atoms with van der Waals surface area (Å²) in [6.07, 6.45) is 0.610. The normalized spacial score (nSPS) is 10.8. The van der Waals surface area contributed by atoms with Crippen LogP contribution in [0.15, 0.2) is 24.3 Å². The van der Waals surface area contributed by atoms with E-state index in [1.54, 1.807) is 0 Å². The number of hydrogen-bond acceptors (Lipinski definition) is 2. The van der Waals surface area contributed by atoms with Crippen LogP contribution in [0.25, 0.3) is 0 Å². The molecule has 0 atom stereocenters. The van der Waals surface area contributed by atoms with E-state index in [0.717, 1.165) is 19.6 Å². The van der Waals surface area contributed by atoms with Crippen LogP contribution >= 0.6 is 0 Å². The van der Waals surface area contributed by atoms with E-state index < -0.39 is 0 Å². The number of nitriles is 1. The number of aryl methyl sites for hydroxylation is 1. The van der Waals surface area contributed by atoms with Gasteiger partial charge in [0.1, 0.15) is 0 Å². The van der Waals surface area contributed by atoms with Crippen molar-refractivity contribution in [2.24, 2.45) is 5.92 Å². The van der Waals surface area contributed by atoms with Crippen LogP contribution in [0, 0.1) is 24.2 Å². The third-order valence-electron chi connectivity index (χ3n) is 2.65. The summed E-state index contributed by atoms with van der Waals surface area (Å²) in [5, 5.41) is 8.68. The zero-order valence-corrected chi connectivity index (χ0v) is 11.1. The summed E-state index contributed by atoms with van der Waals surface area (Å²) in [6, 6.07) is 10.8. The van der Waals surface area contributed by atoms with Gasteiger partial charge >= 0.3 is 0 Å². The molecule has 17 heavy (non-hydrogen) atoms. The van der Waals surface area contributed by atoms with Crippen LogP contribution in [0.2, 0.25) is 0 Å². The van der Waals surface area contributed by atoms with Crippen molar-refractivity contribution in [3.63, 3.8) is 0 Å². The zero-order valence-electron chi connectivity index (χ0n) is 11.1. The molecular formula is C15H22N2. The number of benzene rings is 1. The standard InChI is InChI=1S/C15H22N2/c1-13(2)11-17(9-5-8-16)12-15-7-4-6-14(3)10-15/h4,6-7,10,13H,5,9,11-12H2,1-3H3. The third-order valence-corrected chi connectivity index (χ3v) is 2.65. The van der Waals surface area contributed by atoms with Gasteiger partial charge in [-0.3, -0.25) is 4.90 Å². The van der Waals surface area contributed by atoms with E-state index in [1.807, 2.05) is 0 Å². The summed E-state index contributed by atoms with van der Waals surface area (Å²) in [6.45, 7) is 9.41. The van der Waals surface area contributed by atoms with Gasteiger partial charge in [0.25, 0.3) is 0 Å². The van der Waals surface area contributed by atoms with Crippen molar-refractivity contribution in [3.05, 3.63) is 35.4 Å². The van der Waals surface area contributed by atoms with Gasteiger partial charge in [-0.2, -0.15) is 5.26 Å². The molecule has 0 aliphatic heterocycles. The highest BCUT2D eigenvalue weighted by Gasteiger charge is 2.07. The van der Waals surface area contributed by atoms with Crippen LogP contribution in [0.5, 0.6) is 0 Å². The van der Waals surface area contributed by atoms with Crippen molar-refractivity contribution in [3.8, 4) is 6.07 Å². The second-order valence-electron chi connectivity index (χ2n) is 5.03. The van der Waals surface area contributed by atoms with Crippen molar-refractivity contribution in [1.82, 2.24) is 4.90 Å². The first-order valence-corrected chi connectivity index (χ1v) is 6.26. The molecule has 0 unspecified atom stereocenters. The Morgan fingerprint density at radius 3 is 2.71 bits per heavy atom. The van der Waals surface area contributed by atoms with E-state index >= 15 is 0 Å².